The summed E-state index contributed by atoms with van der Waals surface area (Å²) in [5.41, 5.74) is 2.68. The number of carbonyl (C=O) groups is 2. The molecule has 0 aromatic heterocycles. The molecule has 1 amide bonds. The largest absolute Gasteiger partial charge is 0.497 e. The Labute approximate surface area is 181 Å². The second-order valence-corrected chi connectivity index (χ2v) is 7.15. The zero-order valence-electron chi connectivity index (χ0n) is 17.7. The van der Waals surface area contributed by atoms with Crippen LogP contribution < -0.4 is 9.64 Å². The van der Waals surface area contributed by atoms with Crippen molar-refractivity contribution in [3.63, 3.8) is 0 Å². The van der Waals surface area contributed by atoms with Gasteiger partial charge in [-0.15, -0.1) is 0 Å². The fourth-order valence-electron chi connectivity index (χ4n) is 3.86. The van der Waals surface area contributed by atoms with E-state index >= 15 is 0 Å². The average molecular weight is 413 g/mol. The lowest BCUT2D eigenvalue weighted by molar-refractivity contribution is -0.138. The molecule has 3 aromatic rings. The van der Waals surface area contributed by atoms with Crippen LogP contribution in [0.25, 0.3) is 16.8 Å². The van der Waals surface area contributed by atoms with Crippen molar-refractivity contribution < 1.29 is 19.1 Å². The first kappa shape index (κ1) is 20.4. The van der Waals surface area contributed by atoms with Crippen LogP contribution in [0.5, 0.6) is 5.75 Å². The van der Waals surface area contributed by atoms with Gasteiger partial charge in [0.2, 0.25) is 0 Å². The maximum atomic E-state index is 13.5. The van der Waals surface area contributed by atoms with Crippen LogP contribution in [-0.4, -0.2) is 25.6 Å². The molecule has 0 saturated carbocycles. The molecule has 5 heteroatoms. The van der Waals surface area contributed by atoms with Crippen LogP contribution in [0.3, 0.4) is 0 Å². The van der Waals surface area contributed by atoms with Gasteiger partial charge in [0.15, 0.2) is 0 Å². The van der Waals surface area contributed by atoms with Crippen molar-refractivity contribution in [1.29, 1.82) is 0 Å². The zero-order chi connectivity index (χ0) is 22.0. The minimum atomic E-state index is -0.504. The number of carbonyl (C=O) groups excluding carboxylic acids is 2. The molecule has 0 unspecified atom stereocenters. The van der Waals surface area contributed by atoms with Gasteiger partial charge < -0.3 is 9.47 Å². The summed E-state index contributed by atoms with van der Waals surface area (Å²) in [5, 5.41) is 2.07. The molecule has 1 aliphatic heterocycles. The highest BCUT2D eigenvalue weighted by Gasteiger charge is 2.38. The van der Waals surface area contributed by atoms with E-state index in [1.54, 1.807) is 56.2 Å². The quantitative estimate of drug-likeness (QED) is 0.431. The van der Waals surface area contributed by atoms with Gasteiger partial charge in [-0.3, -0.25) is 9.69 Å². The number of hydrogen-bond acceptors (Lipinski definition) is 4. The predicted molar refractivity (Wildman–Crippen MR) is 122 cm³/mol. The number of allylic oxidation sites excluding steroid dienone is 1. The molecule has 0 bridgehead atoms. The molecule has 156 valence electrons. The second kappa shape index (κ2) is 8.48. The van der Waals surface area contributed by atoms with Gasteiger partial charge in [0.25, 0.3) is 5.91 Å². The van der Waals surface area contributed by atoms with Gasteiger partial charge in [-0.05, 0) is 60.5 Å². The highest BCUT2D eigenvalue weighted by Crippen LogP contribution is 2.36. The minimum Gasteiger partial charge on any atom is -0.497 e. The summed E-state index contributed by atoms with van der Waals surface area (Å²) in [6.07, 6.45) is 1.78. The molecule has 0 radical (unpaired) electrons. The minimum absolute atomic E-state index is 0.230. The SMILES string of the molecule is CCOC(=O)C1=C(C)N(c2ccc(OC)cc2)C(=O)/C1=C\c1cccc2ccccc12. The fraction of sp³-hybridized carbons (Fsp3) is 0.154. The van der Waals surface area contributed by atoms with Gasteiger partial charge in [0, 0.05) is 11.4 Å². The van der Waals surface area contributed by atoms with Crippen LogP contribution in [0, 0.1) is 0 Å². The summed E-state index contributed by atoms with van der Waals surface area (Å²) < 4.78 is 10.5. The van der Waals surface area contributed by atoms with Crippen LogP contribution in [0.1, 0.15) is 19.4 Å². The first-order valence-corrected chi connectivity index (χ1v) is 10.1. The molecule has 1 heterocycles. The van der Waals surface area contributed by atoms with Crippen molar-refractivity contribution in [2.75, 3.05) is 18.6 Å². The van der Waals surface area contributed by atoms with Crippen LogP contribution >= 0.6 is 0 Å². The smallest absolute Gasteiger partial charge is 0.340 e. The Morgan fingerprint density at radius 1 is 1.00 bits per heavy atom. The number of anilines is 1. The Hall–Kier alpha value is -3.86. The summed E-state index contributed by atoms with van der Waals surface area (Å²) in [4.78, 5) is 27.9. The molecule has 5 nitrogen and oxygen atoms in total. The third kappa shape index (κ3) is 3.70. The van der Waals surface area contributed by atoms with Gasteiger partial charge in [0.05, 0.1) is 24.9 Å². The lowest BCUT2D eigenvalue weighted by atomic mass is 9.99. The number of rotatable bonds is 5. The topological polar surface area (TPSA) is 55.8 Å². The Morgan fingerprint density at radius 3 is 2.42 bits per heavy atom. The van der Waals surface area contributed by atoms with Gasteiger partial charge in [-0.25, -0.2) is 4.79 Å². The van der Waals surface area contributed by atoms with E-state index in [2.05, 4.69) is 0 Å². The van der Waals surface area contributed by atoms with Gasteiger partial charge in [-0.1, -0.05) is 42.5 Å². The van der Waals surface area contributed by atoms with Crippen molar-refractivity contribution in [1.82, 2.24) is 0 Å². The molecule has 31 heavy (non-hydrogen) atoms. The lowest BCUT2D eigenvalue weighted by Crippen LogP contribution is -2.24. The van der Waals surface area contributed by atoms with E-state index in [4.69, 9.17) is 9.47 Å². The Kier molecular flexibility index (Phi) is 5.58. The lowest BCUT2D eigenvalue weighted by Gasteiger charge is -2.18. The van der Waals surface area contributed by atoms with Crippen LogP contribution in [0.15, 0.2) is 83.6 Å². The first-order valence-electron chi connectivity index (χ1n) is 10.1. The molecule has 3 aromatic carbocycles. The maximum absolute atomic E-state index is 13.5. The molecule has 4 rings (SSSR count). The van der Waals surface area contributed by atoms with Crippen LogP contribution in [0.4, 0.5) is 5.69 Å². The molecular formula is C26H23NO4. The van der Waals surface area contributed by atoms with Crippen LogP contribution in [0.2, 0.25) is 0 Å². The summed E-state index contributed by atoms with van der Waals surface area (Å²) in [5.74, 6) is -0.0799. The monoisotopic (exact) mass is 413 g/mol. The van der Waals surface area contributed by atoms with Gasteiger partial charge >= 0.3 is 5.97 Å². The highest BCUT2D eigenvalue weighted by atomic mass is 16.5. The Balaban J connectivity index is 1.86. The number of methoxy groups -OCH3 is 1. The number of fused-ring (bicyclic) bond motifs is 1. The van der Waals surface area contributed by atoms with E-state index < -0.39 is 5.97 Å². The first-order chi connectivity index (χ1) is 15.0. The van der Waals surface area contributed by atoms with E-state index in [0.29, 0.717) is 22.7 Å². The summed E-state index contributed by atoms with van der Waals surface area (Å²) in [7, 11) is 1.59. The fourth-order valence-corrected chi connectivity index (χ4v) is 3.86. The zero-order valence-corrected chi connectivity index (χ0v) is 17.7. The molecule has 0 aliphatic carbocycles. The molecule has 0 N–H and O–H groups in total. The molecule has 0 saturated heterocycles. The van der Waals surface area contributed by atoms with Crippen molar-refractivity contribution in [2.24, 2.45) is 0 Å². The predicted octanol–water partition coefficient (Wildman–Crippen LogP) is 5.12. The maximum Gasteiger partial charge on any atom is 0.340 e. The molecule has 0 spiro atoms. The Morgan fingerprint density at radius 2 is 1.71 bits per heavy atom. The highest BCUT2D eigenvalue weighted by molar-refractivity contribution is 6.24. The number of esters is 1. The van der Waals surface area contributed by atoms with Gasteiger partial charge in [0.1, 0.15) is 5.75 Å². The third-order valence-electron chi connectivity index (χ3n) is 5.33. The van der Waals surface area contributed by atoms with E-state index in [1.165, 1.54) is 0 Å². The average Bonchev–Trinajstić information content (AvgIpc) is 3.03. The van der Waals surface area contributed by atoms with Crippen molar-refractivity contribution in [3.05, 3.63) is 89.1 Å². The number of nitrogens with zero attached hydrogens (tertiary/aromatic N) is 1. The van der Waals surface area contributed by atoms with Crippen molar-refractivity contribution in [3.8, 4) is 5.75 Å². The molecular weight excluding hydrogens is 390 g/mol. The number of ether oxygens (including phenoxy) is 2. The molecule has 0 fully saturated rings. The van der Waals surface area contributed by atoms with E-state index in [1.807, 2.05) is 42.5 Å². The van der Waals surface area contributed by atoms with Crippen molar-refractivity contribution in [2.45, 2.75) is 13.8 Å². The Bertz CT molecular complexity index is 1220. The van der Waals surface area contributed by atoms with Crippen molar-refractivity contribution >= 4 is 34.4 Å². The van der Waals surface area contributed by atoms with E-state index in [0.717, 1.165) is 16.3 Å². The summed E-state index contributed by atoms with van der Waals surface area (Å²) >= 11 is 0. The third-order valence-corrected chi connectivity index (χ3v) is 5.33. The number of benzene rings is 3. The normalized spacial score (nSPS) is 15.1. The summed E-state index contributed by atoms with van der Waals surface area (Å²) in [6, 6.07) is 21.0. The number of hydrogen-bond donors (Lipinski definition) is 0. The van der Waals surface area contributed by atoms with E-state index in [9.17, 15) is 9.59 Å². The number of amides is 1. The molecule has 1 aliphatic rings. The second-order valence-electron chi connectivity index (χ2n) is 7.15. The standard InChI is InChI=1S/C26H23NO4/c1-4-31-26(29)24-17(2)27(20-12-14-21(30-3)15-13-20)25(28)23(24)16-19-10-7-9-18-8-5-6-11-22(18)19/h5-16H,4H2,1-3H3/b23-16-. The molecule has 0 atom stereocenters. The van der Waals surface area contributed by atoms with E-state index in [-0.39, 0.29) is 18.1 Å². The van der Waals surface area contributed by atoms with Gasteiger partial charge in [-0.2, -0.15) is 0 Å². The summed E-state index contributed by atoms with van der Waals surface area (Å²) in [6.45, 7) is 3.74. The van der Waals surface area contributed by atoms with Crippen LogP contribution in [-0.2, 0) is 14.3 Å².